The molecule has 2 rings (SSSR count). The third-order valence-corrected chi connectivity index (χ3v) is 3.65. The Balaban J connectivity index is 1.87. The number of pyridine rings is 1. The Hall–Kier alpha value is -1.33. The van der Waals surface area contributed by atoms with Crippen LogP contribution in [0, 0.1) is 0 Å². The molecule has 0 atom stereocenters. The number of piperazine rings is 1. The van der Waals surface area contributed by atoms with Crippen LogP contribution in [0.3, 0.4) is 0 Å². The average molecular weight is 278 g/mol. The van der Waals surface area contributed by atoms with Crippen molar-refractivity contribution in [2.45, 2.75) is 19.8 Å². The highest BCUT2D eigenvalue weighted by Crippen LogP contribution is 2.26. The first-order valence-electron chi connectivity index (χ1n) is 7.60. The van der Waals surface area contributed by atoms with E-state index in [1.54, 1.807) is 0 Å². The quantitative estimate of drug-likeness (QED) is 0.763. The molecule has 0 amide bonds. The maximum Gasteiger partial charge on any atom is 0.171 e. The van der Waals surface area contributed by atoms with Crippen LogP contribution in [-0.4, -0.2) is 55.8 Å². The second-order valence-electron chi connectivity index (χ2n) is 5.08. The van der Waals surface area contributed by atoms with Crippen molar-refractivity contribution in [3.63, 3.8) is 0 Å². The molecule has 112 valence electrons. The van der Waals surface area contributed by atoms with Gasteiger partial charge in [0.15, 0.2) is 11.6 Å². The highest BCUT2D eigenvalue weighted by atomic mass is 16.5. The number of unbranched alkanes of at least 4 members (excludes halogenated alkanes) is 1. The zero-order valence-electron chi connectivity index (χ0n) is 12.4. The van der Waals surface area contributed by atoms with Crippen LogP contribution in [0.4, 0.5) is 5.82 Å². The third kappa shape index (κ3) is 4.08. The lowest BCUT2D eigenvalue weighted by molar-refractivity contribution is 0.251. The van der Waals surface area contributed by atoms with Gasteiger partial charge in [-0.05, 0) is 45.0 Å². The molecule has 1 aromatic heterocycles. The molecule has 1 fully saturated rings. The number of ether oxygens (including phenoxy) is 1. The predicted molar refractivity (Wildman–Crippen MR) is 82.3 cm³/mol. The Morgan fingerprint density at radius 1 is 1.25 bits per heavy atom. The summed E-state index contributed by atoms with van der Waals surface area (Å²) in [4.78, 5) is 9.32. The average Bonchev–Trinajstić information content (AvgIpc) is 2.49. The topological polar surface area (TPSA) is 54.6 Å². The molecule has 2 N–H and O–H groups in total. The molecule has 1 aliphatic heterocycles. The highest BCUT2D eigenvalue weighted by Gasteiger charge is 2.20. The molecule has 20 heavy (non-hydrogen) atoms. The van der Waals surface area contributed by atoms with Crippen molar-refractivity contribution in [3.05, 3.63) is 18.3 Å². The largest absolute Gasteiger partial charge is 0.490 e. The Bertz CT molecular complexity index is 391. The summed E-state index contributed by atoms with van der Waals surface area (Å²) in [5, 5.41) is 0. The van der Waals surface area contributed by atoms with E-state index < -0.39 is 0 Å². The van der Waals surface area contributed by atoms with Gasteiger partial charge < -0.3 is 15.4 Å². The molecule has 1 aliphatic rings. The summed E-state index contributed by atoms with van der Waals surface area (Å²) in [6.07, 6.45) is 4.16. The fraction of sp³-hybridized carbons (Fsp3) is 0.667. The molecule has 0 saturated carbocycles. The summed E-state index contributed by atoms with van der Waals surface area (Å²) in [5.74, 6) is 1.88. The zero-order valence-corrected chi connectivity index (χ0v) is 12.4. The molecule has 5 heteroatoms. The molecule has 0 unspecified atom stereocenters. The Morgan fingerprint density at radius 2 is 2.05 bits per heavy atom. The summed E-state index contributed by atoms with van der Waals surface area (Å²) in [6.45, 7) is 8.85. The van der Waals surface area contributed by atoms with E-state index in [1.165, 1.54) is 6.42 Å². The van der Waals surface area contributed by atoms with Gasteiger partial charge in [0.25, 0.3) is 0 Å². The molecule has 2 heterocycles. The Kier molecular flexibility index (Phi) is 6.08. The number of nitrogens with zero attached hydrogens (tertiary/aromatic N) is 3. The number of hydrogen-bond donors (Lipinski definition) is 1. The minimum Gasteiger partial charge on any atom is -0.490 e. The van der Waals surface area contributed by atoms with Crippen LogP contribution < -0.4 is 15.4 Å². The van der Waals surface area contributed by atoms with Gasteiger partial charge in [0.05, 0.1) is 6.61 Å². The van der Waals surface area contributed by atoms with Gasteiger partial charge in [-0.25, -0.2) is 4.98 Å². The Labute approximate surface area is 121 Å². The minimum absolute atomic E-state index is 0.678. The molecule has 5 nitrogen and oxygen atoms in total. The molecular weight excluding hydrogens is 252 g/mol. The number of aromatic nitrogens is 1. The standard InChI is InChI=1S/C15H26N4O/c1-2-20-14-6-5-8-17-15(14)19-12-10-18(11-13-19)9-4-3-7-16/h5-6,8H,2-4,7,9-13,16H2,1H3. The first-order valence-corrected chi connectivity index (χ1v) is 7.60. The first-order chi connectivity index (χ1) is 9.85. The van der Waals surface area contributed by atoms with E-state index >= 15 is 0 Å². The third-order valence-electron chi connectivity index (χ3n) is 3.65. The Morgan fingerprint density at radius 3 is 2.75 bits per heavy atom. The van der Waals surface area contributed by atoms with Gasteiger partial charge in [0.1, 0.15) is 0 Å². The van der Waals surface area contributed by atoms with Crippen molar-refractivity contribution in [2.75, 3.05) is 50.8 Å². The molecule has 1 saturated heterocycles. The maximum absolute atomic E-state index is 5.66. The number of anilines is 1. The van der Waals surface area contributed by atoms with E-state index in [0.29, 0.717) is 6.61 Å². The van der Waals surface area contributed by atoms with E-state index in [-0.39, 0.29) is 0 Å². The highest BCUT2D eigenvalue weighted by molar-refractivity contribution is 5.52. The molecule has 0 spiro atoms. The molecular formula is C15H26N4O. The summed E-state index contributed by atoms with van der Waals surface area (Å²) < 4.78 is 5.66. The van der Waals surface area contributed by atoms with Crippen LogP contribution in [0.1, 0.15) is 19.8 Å². The van der Waals surface area contributed by atoms with Gasteiger partial charge in [0, 0.05) is 32.4 Å². The zero-order chi connectivity index (χ0) is 14.2. The van der Waals surface area contributed by atoms with Gasteiger partial charge in [-0.15, -0.1) is 0 Å². The smallest absolute Gasteiger partial charge is 0.171 e. The SMILES string of the molecule is CCOc1cccnc1N1CCN(CCCCN)CC1. The molecule has 0 aromatic carbocycles. The van der Waals surface area contributed by atoms with Crippen LogP contribution in [0.15, 0.2) is 18.3 Å². The van der Waals surface area contributed by atoms with Crippen molar-refractivity contribution < 1.29 is 4.74 Å². The lowest BCUT2D eigenvalue weighted by atomic mass is 10.2. The van der Waals surface area contributed by atoms with Crippen LogP contribution in [-0.2, 0) is 0 Å². The number of rotatable bonds is 7. The predicted octanol–water partition coefficient (Wildman–Crippen LogP) is 1.34. The monoisotopic (exact) mass is 278 g/mol. The second kappa shape index (κ2) is 8.07. The van der Waals surface area contributed by atoms with Crippen LogP contribution in [0.25, 0.3) is 0 Å². The maximum atomic E-state index is 5.66. The first kappa shape index (κ1) is 15.1. The van der Waals surface area contributed by atoms with Crippen molar-refractivity contribution >= 4 is 5.82 Å². The normalized spacial score (nSPS) is 16.4. The fourth-order valence-corrected chi connectivity index (χ4v) is 2.55. The van der Waals surface area contributed by atoms with Crippen molar-refractivity contribution in [1.29, 1.82) is 0 Å². The lowest BCUT2D eigenvalue weighted by Crippen LogP contribution is -2.47. The van der Waals surface area contributed by atoms with Crippen LogP contribution in [0.2, 0.25) is 0 Å². The van der Waals surface area contributed by atoms with Gasteiger partial charge in [-0.2, -0.15) is 0 Å². The van der Waals surface area contributed by atoms with Crippen LogP contribution in [0.5, 0.6) is 5.75 Å². The fourth-order valence-electron chi connectivity index (χ4n) is 2.55. The van der Waals surface area contributed by atoms with E-state index in [1.807, 2.05) is 25.3 Å². The number of hydrogen-bond acceptors (Lipinski definition) is 5. The van der Waals surface area contributed by atoms with Gasteiger partial charge in [-0.1, -0.05) is 0 Å². The van der Waals surface area contributed by atoms with Gasteiger partial charge in [-0.3, -0.25) is 4.90 Å². The molecule has 1 aromatic rings. The van der Waals surface area contributed by atoms with Gasteiger partial charge in [0.2, 0.25) is 0 Å². The van der Waals surface area contributed by atoms with E-state index in [9.17, 15) is 0 Å². The minimum atomic E-state index is 0.678. The van der Waals surface area contributed by atoms with E-state index in [0.717, 1.165) is 57.3 Å². The lowest BCUT2D eigenvalue weighted by Gasteiger charge is -2.35. The summed E-state index contributed by atoms with van der Waals surface area (Å²) in [7, 11) is 0. The molecule has 0 aliphatic carbocycles. The summed E-state index contributed by atoms with van der Waals surface area (Å²) in [6, 6.07) is 3.93. The van der Waals surface area contributed by atoms with Gasteiger partial charge >= 0.3 is 0 Å². The number of nitrogens with two attached hydrogens (primary N) is 1. The van der Waals surface area contributed by atoms with Crippen LogP contribution >= 0.6 is 0 Å². The van der Waals surface area contributed by atoms with E-state index in [4.69, 9.17) is 10.5 Å². The summed E-state index contributed by atoms with van der Waals surface area (Å²) in [5.41, 5.74) is 5.54. The summed E-state index contributed by atoms with van der Waals surface area (Å²) >= 11 is 0. The molecule has 0 radical (unpaired) electrons. The van der Waals surface area contributed by atoms with Crippen molar-refractivity contribution in [2.24, 2.45) is 5.73 Å². The van der Waals surface area contributed by atoms with Crippen molar-refractivity contribution in [1.82, 2.24) is 9.88 Å². The molecule has 0 bridgehead atoms. The van der Waals surface area contributed by atoms with Crippen molar-refractivity contribution in [3.8, 4) is 5.75 Å². The second-order valence-corrected chi connectivity index (χ2v) is 5.08. The van der Waals surface area contributed by atoms with E-state index in [2.05, 4.69) is 14.8 Å².